The standard InChI is InChI=1S/C16H27N3O8S3/c1-3-18(14(20)7-5-4-6-8-27-19(21)22)13-9-11(2)29(23,24)16-12(13)10-15(28-16)30(17,25)26/h10-11,13,21-22H,3-9H2,1-2H3,(H2,17,25,26)/t11?,13-/m0/s1. The number of carbonyl (C=O) groups is 1. The number of hydrogen-bond donors (Lipinski definition) is 3. The van der Waals surface area contributed by atoms with Gasteiger partial charge in [0.05, 0.1) is 23.3 Å². The predicted molar refractivity (Wildman–Crippen MR) is 107 cm³/mol. The fraction of sp³-hybridized carbons (Fsp3) is 0.688. The van der Waals surface area contributed by atoms with Crippen LogP contribution in [0, 0.1) is 0 Å². The Morgan fingerprint density at radius 2 is 2.00 bits per heavy atom. The van der Waals surface area contributed by atoms with Gasteiger partial charge in [-0.3, -0.25) is 20.0 Å². The number of amides is 1. The summed E-state index contributed by atoms with van der Waals surface area (Å²) < 4.78 is 48.7. The lowest BCUT2D eigenvalue weighted by atomic mass is 10.0. The highest BCUT2D eigenvalue weighted by atomic mass is 32.3. The molecule has 0 aliphatic carbocycles. The molecular formula is C16H27N3O8S3. The van der Waals surface area contributed by atoms with Crippen LogP contribution in [-0.4, -0.2) is 61.8 Å². The zero-order valence-corrected chi connectivity index (χ0v) is 19.2. The first-order valence-corrected chi connectivity index (χ1v) is 13.3. The third-order valence-corrected chi connectivity index (χ3v) is 10.3. The van der Waals surface area contributed by atoms with Crippen LogP contribution < -0.4 is 5.14 Å². The molecule has 1 aromatic heterocycles. The Morgan fingerprint density at radius 3 is 2.57 bits per heavy atom. The molecule has 0 saturated heterocycles. The van der Waals surface area contributed by atoms with Crippen LogP contribution in [0.2, 0.25) is 0 Å². The summed E-state index contributed by atoms with van der Waals surface area (Å²) in [4.78, 5) is 18.8. The molecule has 2 atom stereocenters. The molecule has 14 heteroatoms. The van der Waals surface area contributed by atoms with Gasteiger partial charge in [-0.1, -0.05) is 6.42 Å². The summed E-state index contributed by atoms with van der Waals surface area (Å²) in [6.45, 7) is 3.75. The fourth-order valence-electron chi connectivity index (χ4n) is 3.42. The molecular weight excluding hydrogens is 458 g/mol. The van der Waals surface area contributed by atoms with E-state index in [-0.39, 0.29) is 39.2 Å². The Bertz CT molecular complexity index is 958. The minimum Gasteiger partial charge on any atom is -0.336 e. The molecule has 0 bridgehead atoms. The van der Waals surface area contributed by atoms with E-state index in [0.717, 1.165) is 0 Å². The summed E-state index contributed by atoms with van der Waals surface area (Å²) in [6.07, 6.45) is 2.06. The molecule has 0 saturated carbocycles. The maximum absolute atomic E-state index is 12.8. The van der Waals surface area contributed by atoms with Crippen LogP contribution in [0.5, 0.6) is 0 Å². The number of fused-ring (bicyclic) bond motifs is 1. The van der Waals surface area contributed by atoms with Crippen molar-refractivity contribution >= 4 is 37.1 Å². The first kappa shape index (κ1) is 25.1. The van der Waals surface area contributed by atoms with Gasteiger partial charge in [-0.2, -0.15) is 0 Å². The maximum Gasteiger partial charge on any atom is 0.247 e. The second-order valence-electron chi connectivity index (χ2n) is 7.04. The van der Waals surface area contributed by atoms with E-state index < -0.39 is 31.2 Å². The van der Waals surface area contributed by atoms with Crippen LogP contribution in [-0.2, 0) is 29.5 Å². The summed E-state index contributed by atoms with van der Waals surface area (Å²) in [5, 5.41) is 21.0. The van der Waals surface area contributed by atoms with Crippen molar-refractivity contribution in [2.75, 3.05) is 13.2 Å². The molecule has 30 heavy (non-hydrogen) atoms. The van der Waals surface area contributed by atoms with Crippen molar-refractivity contribution in [3.05, 3.63) is 11.6 Å². The number of unbranched alkanes of at least 4 members (excludes halogenated alkanes) is 2. The quantitative estimate of drug-likeness (QED) is 0.328. The highest BCUT2D eigenvalue weighted by Gasteiger charge is 2.42. The van der Waals surface area contributed by atoms with E-state index in [9.17, 15) is 21.6 Å². The SMILES string of the molecule is CCN(C(=O)CCCCCON(O)O)[C@H]1CC(C)S(=O)(=O)c2sc(S(N)(=O)=O)cc21. The third kappa shape index (κ3) is 5.76. The van der Waals surface area contributed by atoms with Crippen molar-refractivity contribution in [2.24, 2.45) is 5.14 Å². The van der Waals surface area contributed by atoms with E-state index >= 15 is 0 Å². The van der Waals surface area contributed by atoms with Crippen molar-refractivity contribution in [3.63, 3.8) is 0 Å². The Kier molecular flexibility index (Phi) is 8.37. The van der Waals surface area contributed by atoms with Gasteiger partial charge in [0.1, 0.15) is 8.42 Å². The number of rotatable bonds is 10. The molecule has 2 rings (SSSR count). The molecule has 0 spiro atoms. The molecule has 1 aromatic rings. The van der Waals surface area contributed by atoms with Crippen LogP contribution >= 0.6 is 11.3 Å². The van der Waals surface area contributed by atoms with Gasteiger partial charge in [-0.15, -0.1) is 11.3 Å². The highest BCUT2D eigenvalue weighted by molar-refractivity contribution is 7.95. The molecule has 1 amide bonds. The van der Waals surface area contributed by atoms with Crippen molar-refractivity contribution < 1.29 is 36.9 Å². The average molecular weight is 486 g/mol. The smallest absolute Gasteiger partial charge is 0.247 e. The van der Waals surface area contributed by atoms with E-state index in [1.807, 2.05) is 0 Å². The minimum absolute atomic E-state index is 0.0452. The second kappa shape index (κ2) is 9.99. The Hall–Kier alpha value is -1.13. The topological polar surface area (TPSA) is 168 Å². The normalized spacial score (nSPS) is 20.9. The van der Waals surface area contributed by atoms with Gasteiger partial charge in [0.15, 0.2) is 9.84 Å². The lowest BCUT2D eigenvalue weighted by Gasteiger charge is -2.36. The molecule has 0 radical (unpaired) electrons. The summed E-state index contributed by atoms with van der Waals surface area (Å²) in [5.41, 5.74) is 0.303. The van der Waals surface area contributed by atoms with E-state index in [0.29, 0.717) is 42.7 Å². The van der Waals surface area contributed by atoms with E-state index in [1.54, 1.807) is 18.7 Å². The number of carbonyl (C=O) groups excluding carboxylic acids is 1. The van der Waals surface area contributed by atoms with Crippen LogP contribution in [0.1, 0.15) is 57.6 Å². The highest BCUT2D eigenvalue weighted by Crippen LogP contribution is 2.45. The molecule has 0 fully saturated rings. The first-order chi connectivity index (χ1) is 13.9. The summed E-state index contributed by atoms with van der Waals surface area (Å²) >= 11 is 0.628. The first-order valence-electron chi connectivity index (χ1n) is 9.40. The monoisotopic (exact) mass is 485 g/mol. The number of sulfone groups is 1. The van der Waals surface area contributed by atoms with Gasteiger partial charge in [-0.25, -0.2) is 22.0 Å². The van der Waals surface area contributed by atoms with Crippen LogP contribution in [0.4, 0.5) is 0 Å². The van der Waals surface area contributed by atoms with Gasteiger partial charge < -0.3 is 4.90 Å². The largest absolute Gasteiger partial charge is 0.336 e. The minimum atomic E-state index is -4.07. The summed E-state index contributed by atoms with van der Waals surface area (Å²) in [6, 6.07) is 0.718. The number of nitrogens with two attached hydrogens (primary N) is 1. The molecule has 0 aromatic carbocycles. The molecule has 4 N–H and O–H groups in total. The average Bonchev–Trinajstić information content (AvgIpc) is 3.10. The van der Waals surface area contributed by atoms with Crippen LogP contribution in [0.15, 0.2) is 14.5 Å². The van der Waals surface area contributed by atoms with E-state index in [4.69, 9.17) is 15.6 Å². The molecule has 172 valence electrons. The fourth-order valence-corrected chi connectivity index (χ4v) is 7.82. The van der Waals surface area contributed by atoms with Gasteiger partial charge >= 0.3 is 0 Å². The lowest BCUT2D eigenvalue weighted by molar-refractivity contribution is -0.492. The summed E-state index contributed by atoms with van der Waals surface area (Å²) in [5.74, 6) is -0.171. The second-order valence-corrected chi connectivity index (χ2v) is 12.4. The Morgan fingerprint density at radius 1 is 1.33 bits per heavy atom. The van der Waals surface area contributed by atoms with Gasteiger partial charge in [0, 0.05) is 18.5 Å². The van der Waals surface area contributed by atoms with Gasteiger partial charge in [0.2, 0.25) is 15.9 Å². The molecule has 11 nitrogen and oxygen atoms in total. The van der Waals surface area contributed by atoms with Crippen molar-refractivity contribution in [1.29, 1.82) is 0 Å². The zero-order valence-electron chi connectivity index (χ0n) is 16.7. The molecule has 1 aliphatic rings. The summed E-state index contributed by atoms with van der Waals surface area (Å²) in [7, 11) is -7.76. The number of nitrogens with zero attached hydrogens (tertiary/aromatic N) is 2. The van der Waals surface area contributed by atoms with Crippen molar-refractivity contribution in [2.45, 2.75) is 65.7 Å². The molecule has 2 heterocycles. The van der Waals surface area contributed by atoms with Crippen LogP contribution in [0.25, 0.3) is 0 Å². The van der Waals surface area contributed by atoms with Crippen molar-refractivity contribution in [3.8, 4) is 0 Å². The van der Waals surface area contributed by atoms with Crippen molar-refractivity contribution in [1.82, 2.24) is 10.3 Å². The molecule has 1 aliphatic heterocycles. The van der Waals surface area contributed by atoms with E-state index in [1.165, 1.54) is 6.07 Å². The Labute approximate surface area is 179 Å². The lowest BCUT2D eigenvalue weighted by Crippen LogP contribution is -2.40. The van der Waals surface area contributed by atoms with Gasteiger partial charge in [0.25, 0.3) is 0 Å². The van der Waals surface area contributed by atoms with E-state index in [2.05, 4.69) is 4.84 Å². The Balaban J connectivity index is 2.18. The number of hydrogen-bond acceptors (Lipinski definition) is 10. The third-order valence-electron chi connectivity index (χ3n) is 4.96. The van der Waals surface area contributed by atoms with Crippen LogP contribution in [0.3, 0.4) is 0 Å². The predicted octanol–water partition coefficient (Wildman–Crippen LogP) is 1.42. The zero-order chi connectivity index (χ0) is 22.7. The number of sulfonamides is 1. The maximum atomic E-state index is 12.8. The number of thiophene rings is 1. The number of primary sulfonamides is 1. The molecule has 1 unspecified atom stereocenters. The van der Waals surface area contributed by atoms with Gasteiger partial charge in [-0.05, 0) is 39.2 Å².